The zero-order chi connectivity index (χ0) is 3.41. The van der Waals surface area contributed by atoms with E-state index in [1.54, 1.807) is 0 Å². The van der Waals surface area contributed by atoms with E-state index in [0.29, 0.717) is 0 Å². The van der Waals surface area contributed by atoms with Crippen molar-refractivity contribution < 1.29 is 158 Å². The van der Waals surface area contributed by atoms with Crippen LogP contribution in [0.1, 0.15) is 0 Å². The molecule has 6 heavy (non-hydrogen) atoms. The van der Waals surface area contributed by atoms with Gasteiger partial charge in [-0.15, -0.1) is 0 Å². The first-order valence-electron chi connectivity index (χ1n) is 0.500. The van der Waals surface area contributed by atoms with Gasteiger partial charge in [-0.05, 0) is 0 Å². The maximum absolute atomic E-state index is 8.26. The van der Waals surface area contributed by atoms with Crippen LogP contribution < -0.4 is 148 Å². The Morgan fingerprint density at radius 3 is 1.00 bits per heavy atom. The van der Waals surface area contributed by atoms with Gasteiger partial charge in [0.15, 0.2) is 0 Å². The van der Waals surface area contributed by atoms with Gasteiger partial charge in [-0.1, -0.05) is 0 Å². The van der Waals surface area contributed by atoms with E-state index >= 15 is 0 Å². The minimum atomic E-state index is 0. The standard InChI is InChI=1S/2Cs.H2O4/c;;1-3-4-2/h;;1-2H/q2*+1;/p-2. The van der Waals surface area contributed by atoms with Crippen molar-refractivity contribution in [3.63, 3.8) is 0 Å². The minimum absolute atomic E-state index is 0. The van der Waals surface area contributed by atoms with Crippen LogP contribution >= 0.6 is 0 Å². The fraction of sp³-hybridized carbons (Fsp3) is 0. The zero-order valence-electron chi connectivity index (χ0n) is 3.63. The second-order valence-electron chi connectivity index (χ2n) is 0.136. The van der Waals surface area contributed by atoms with Crippen LogP contribution in [0.15, 0.2) is 0 Å². The van der Waals surface area contributed by atoms with Gasteiger partial charge in [-0.2, -0.15) is 0 Å². The molecule has 0 spiro atoms. The third-order valence-electron chi connectivity index (χ3n) is 0.0278. The Kier molecular flexibility index (Phi) is 43.9. The normalized spacial score (nSPS) is 5.00. The van der Waals surface area contributed by atoms with Crippen LogP contribution in [0, 0.1) is 0 Å². The van der Waals surface area contributed by atoms with E-state index in [1.165, 1.54) is 0 Å². The molecule has 0 fully saturated rings. The molecular weight excluding hydrogens is 330 g/mol. The Hall–Kier alpha value is 3.94. The van der Waals surface area contributed by atoms with Gasteiger partial charge in [-0.3, -0.25) is 0 Å². The molecule has 0 saturated heterocycles. The molecule has 0 rings (SSSR count). The van der Waals surface area contributed by atoms with Gasteiger partial charge in [0, 0.05) is 0 Å². The molecule has 0 unspecified atom stereocenters. The molecule has 26 valence electrons. The maximum atomic E-state index is 8.26. The summed E-state index contributed by atoms with van der Waals surface area (Å²) in [6.07, 6.45) is 0. The van der Waals surface area contributed by atoms with Crippen molar-refractivity contribution in [2.45, 2.75) is 0 Å². The van der Waals surface area contributed by atoms with Crippen molar-refractivity contribution >= 4 is 0 Å². The van der Waals surface area contributed by atoms with Crippen molar-refractivity contribution in [1.82, 2.24) is 0 Å². The van der Waals surface area contributed by atoms with Crippen LogP contribution in [0.3, 0.4) is 0 Å². The molecule has 0 radical (unpaired) electrons. The van der Waals surface area contributed by atoms with Crippen LogP contribution in [-0.2, 0) is 10.1 Å². The van der Waals surface area contributed by atoms with Crippen molar-refractivity contribution in [3.8, 4) is 0 Å². The predicted molar refractivity (Wildman–Crippen MR) is 2.17 cm³/mol. The van der Waals surface area contributed by atoms with Gasteiger partial charge < -0.3 is 20.6 Å². The summed E-state index contributed by atoms with van der Waals surface area (Å²) in [6.45, 7) is 0. The molecular formula is Cs2O4. The Balaban J connectivity index is -0.0000000450. The average Bonchev–Trinajstić information content (AvgIpc) is 1.37. The van der Waals surface area contributed by atoms with Crippen molar-refractivity contribution in [3.05, 3.63) is 0 Å². The van der Waals surface area contributed by atoms with Crippen molar-refractivity contribution in [1.29, 1.82) is 0 Å². The van der Waals surface area contributed by atoms with E-state index < -0.39 is 0 Å². The molecule has 4 nitrogen and oxygen atoms in total. The van der Waals surface area contributed by atoms with Crippen molar-refractivity contribution in [2.24, 2.45) is 0 Å². The Bertz CT molecular complexity index is 7.51. The summed E-state index contributed by atoms with van der Waals surface area (Å²) in [6, 6.07) is 0. The summed E-state index contributed by atoms with van der Waals surface area (Å²) in [7, 11) is 0. The van der Waals surface area contributed by atoms with Crippen LogP contribution in [-0.4, -0.2) is 0 Å². The SMILES string of the molecule is [Cs+].[Cs+].[O-]OO[O-]. The largest absolute Gasteiger partial charge is 1.00 e. The smallest absolute Gasteiger partial charge is 0.693 e. The van der Waals surface area contributed by atoms with E-state index in [1.807, 2.05) is 0 Å². The third-order valence-corrected chi connectivity index (χ3v) is 0.0278. The molecule has 0 aliphatic heterocycles. The fourth-order valence-corrected chi connectivity index (χ4v) is 0. The monoisotopic (exact) mass is 330 g/mol. The van der Waals surface area contributed by atoms with Gasteiger partial charge in [0.25, 0.3) is 0 Å². The molecule has 0 amide bonds. The first-order chi connectivity index (χ1) is 1.91. The predicted octanol–water partition coefficient (Wildman–Crippen LogP) is -8.51. The molecule has 0 atom stereocenters. The minimum Gasteiger partial charge on any atom is -0.693 e. The summed E-state index contributed by atoms with van der Waals surface area (Å²) in [5, 5.41) is 21.0. The average molecular weight is 330 g/mol. The van der Waals surface area contributed by atoms with Gasteiger partial charge >= 0.3 is 138 Å². The van der Waals surface area contributed by atoms with E-state index in [-0.39, 0.29) is 138 Å². The van der Waals surface area contributed by atoms with Gasteiger partial charge in [0.05, 0.1) is 0 Å². The third kappa shape index (κ3) is 15.7. The topological polar surface area (TPSA) is 64.6 Å². The molecule has 0 aromatic carbocycles. The molecule has 0 aromatic rings. The summed E-state index contributed by atoms with van der Waals surface area (Å²) in [5.74, 6) is 0. The summed E-state index contributed by atoms with van der Waals surface area (Å²) >= 11 is 0. The molecule has 0 aliphatic carbocycles. The van der Waals surface area contributed by atoms with E-state index in [2.05, 4.69) is 10.1 Å². The van der Waals surface area contributed by atoms with Crippen LogP contribution in [0.5, 0.6) is 0 Å². The molecule has 0 bridgehead atoms. The van der Waals surface area contributed by atoms with Crippen molar-refractivity contribution in [2.75, 3.05) is 0 Å². The quantitative estimate of drug-likeness (QED) is 0.354. The summed E-state index contributed by atoms with van der Waals surface area (Å²) < 4.78 is 0. The second kappa shape index (κ2) is 16.0. The molecule has 0 N–H and O–H groups in total. The molecule has 0 heterocycles. The zero-order valence-corrected chi connectivity index (χ0v) is 16.2. The molecule has 0 aliphatic rings. The first-order valence-corrected chi connectivity index (χ1v) is 0.500. The Morgan fingerprint density at radius 1 is 0.833 bits per heavy atom. The molecule has 6 heteroatoms. The number of hydrogen-bond acceptors (Lipinski definition) is 4. The summed E-state index contributed by atoms with van der Waals surface area (Å²) in [5.41, 5.74) is 0. The second-order valence-corrected chi connectivity index (χ2v) is 0.136. The molecule has 0 aromatic heterocycles. The first kappa shape index (κ1) is 16.5. The van der Waals surface area contributed by atoms with Gasteiger partial charge in [-0.25, -0.2) is 0 Å². The van der Waals surface area contributed by atoms with E-state index in [4.69, 9.17) is 10.5 Å². The Morgan fingerprint density at radius 2 is 1.00 bits per heavy atom. The van der Waals surface area contributed by atoms with Crippen LogP contribution in [0.2, 0.25) is 0 Å². The van der Waals surface area contributed by atoms with E-state index in [0.717, 1.165) is 0 Å². The number of hydrogen-bond donors (Lipinski definition) is 0. The van der Waals surface area contributed by atoms with Gasteiger partial charge in [0.2, 0.25) is 0 Å². The fourth-order valence-electron chi connectivity index (χ4n) is 0. The van der Waals surface area contributed by atoms with Gasteiger partial charge in [0.1, 0.15) is 0 Å². The number of rotatable bonds is 1. The Labute approximate surface area is 153 Å². The molecule has 0 saturated carbocycles. The summed E-state index contributed by atoms with van der Waals surface area (Å²) in [4.78, 5) is 0. The van der Waals surface area contributed by atoms with Crippen LogP contribution in [0.4, 0.5) is 0 Å². The van der Waals surface area contributed by atoms with Crippen LogP contribution in [0.25, 0.3) is 0 Å². The maximum Gasteiger partial charge on any atom is 1.00 e. The van der Waals surface area contributed by atoms with E-state index in [9.17, 15) is 0 Å².